The summed E-state index contributed by atoms with van der Waals surface area (Å²) >= 11 is 6.06. The Morgan fingerprint density at radius 3 is 2.15 bits per heavy atom. The second-order valence-electron chi connectivity index (χ2n) is 2.24. The highest BCUT2D eigenvalue weighted by Gasteiger charge is 2.16. The molecule has 0 aliphatic heterocycles. The van der Waals surface area contributed by atoms with Crippen LogP contribution >= 0.6 is 31.9 Å². The van der Waals surface area contributed by atoms with Gasteiger partial charge in [-0.15, -0.1) is 0 Å². The van der Waals surface area contributed by atoms with Crippen LogP contribution in [0.1, 0.15) is 0 Å². The molecule has 0 radical (unpaired) electrons. The molecule has 1 rings (SSSR count). The van der Waals surface area contributed by atoms with Gasteiger partial charge < -0.3 is 0 Å². The van der Waals surface area contributed by atoms with E-state index in [1.165, 1.54) is 0 Å². The van der Waals surface area contributed by atoms with Crippen molar-refractivity contribution in [3.8, 4) is 0 Å². The summed E-state index contributed by atoms with van der Waals surface area (Å²) in [5, 5.41) is 4.77. The fourth-order valence-electron chi connectivity index (χ4n) is 0.722. The molecule has 0 atom stereocenters. The van der Waals surface area contributed by atoms with Gasteiger partial charge in [0, 0.05) is 8.95 Å². The fraction of sp³-hybridized carbons (Fsp3) is 0. The number of primary sulfonamides is 1. The minimum atomic E-state index is -4.00. The van der Waals surface area contributed by atoms with E-state index in [-0.39, 0.29) is 0 Å². The van der Waals surface area contributed by atoms with Gasteiger partial charge in [0.05, 0.1) is 0 Å². The molecule has 1 aromatic rings. The molecule has 0 bridgehead atoms. The zero-order valence-corrected chi connectivity index (χ0v) is 10.1. The summed E-state index contributed by atoms with van der Waals surface area (Å²) in [5.41, 5.74) is 0. The third-order valence-corrected chi connectivity index (χ3v) is 4.05. The quantitative estimate of drug-likeness (QED) is 0.799. The summed E-state index contributed by atoms with van der Waals surface area (Å²) < 4.78 is 35.5. The van der Waals surface area contributed by atoms with Crippen LogP contribution in [0, 0.1) is 5.82 Å². The number of benzene rings is 1. The first-order chi connectivity index (χ1) is 5.82. The normalized spacial score (nSPS) is 11.7. The molecule has 0 spiro atoms. The number of hydrogen-bond donors (Lipinski definition) is 1. The Balaban J connectivity index is 3.50. The summed E-state index contributed by atoms with van der Waals surface area (Å²) in [6, 6.07) is 2.14. The van der Waals surface area contributed by atoms with Gasteiger partial charge in [-0.25, -0.2) is 17.9 Å². The lowest BCUT2D eigenvalue weighted by molar-refractivity contribution is 0.567. The number of sulfonamides is 1. The zero-order chi connectivity index (χ0) is 10.2. The van der Waals surface area contributed by atoms with Crippen molar-refractivity contribution in [1.82, 2.24) is 0 Å². The third kappa shape index (κ3) is 2.49. The van der Waals surface area contributed by atoms with E-state index in [0.29, 0.717) is 8.95 Å². The molecule has 0 amide bonds. The van der Waals surface area contributed by atoms with E-state index < -0.39 is 20.7 Å². The summed E-state index contributed by atoms with van der Waals surface area (Å²) in [5.74, 6) is -0.877. The first kappa shape index (κ1) is 11.1. The van der Waals surface area contributed by atoms with Crippen molar-refractivity contribution >= 4 is 41.9 Å². The van der Waals surface area contributed by atoms with Gasteiger partial charge in [-0.2, -0.15) is 0 Å². The minimum Gasteiger partial charge on any atom is -0.225 e. The van der Waals surface area contributed by atoms with Crippen LogP contribution < -0.4 is 5.14 Å². The van der Waals surface area contributed by atoms with Crippen molar-refractivity contribution in [1.29, 1.82) is 0 Å². The first-order valence-electron chi connectivity index (χ1n) is 2.99. The SMILES string of the molecule is NS(=O)(=O)c1cc(Br)c(Br)cc1F. The van der Waals surface area contributed by atoms with Crippen molar-refractivity contribution in [2.45, 2.75) is 4.90 Å². The monoisotopic (exact) mass is 331 g/mol. The van der Waals surface area contributed by atoms with Crippen molar-refractivity contribution in [3.05, 3.63) is 26.9 Å². The smallest absolute Gasteiger partial charge is 0.225 e. The van der Waals surface area contributed by atoms with E-state index in [2.05, 4.69) is 31.9 Å². The average molecular weight is 333 g/mol. The van der Waals surface area contributed by atoms with Crippen LogP contribution in [0.25, 0.3) is 0 Å². The molecule has 0 saturated heterocycles. The van der Waals surface area contributed by atoms with E-state index in [1.807, 2.05) is 0 Å². The van der Waals surface area contributed by atoms with Crippen molar-refractivity contribution in [3.63, 3.8) is 0 Å². The molecule has 13 heavy (non-hydrogen) atoms. The summed E-state index contributed by atoms with van der Waals surface area (Å²) in [7, 11) is -4.00. The predicted molar refractivity (Wildman–Crippen MR) is 53.2 cm³/mol. The molecule has 0 heterocycles. The Morgan fingerprint density at radius 1 is 1.23 bits per heavy atom. The van der Waals surface area contributed by atoms with Gasteiger partial charge >= 0.3 is 0 Å². The predicted octanol–water partition coefficient (Wildman–Crippen LogP) is 2.00. The summed E-state index contributed by atoms with van der Waals surface area (Å²) in [6.07, 6.45) is 0. The van der Waals surface area contributed by atoms with Crippen LogP contribution in [-0.2, 0) is 10.0 Å². The number of rotatable bonds is 1. The largest absolute Gasteiger partial charge is 0.241 e. The maximum absolute atomic E-state index is 13.0. The van der Waals surface area contributed by atoms with Crippen molar-refractivity contribution in [2.24, 2.45) is 5.14 Å². The molecule has 72 valence electrons. The lowest BCUT2D eigenvalue weighted by Crippen LogP contribution is -2.14. The van der Waals surface area contributed by atoms with Gasteiger partial charge in [0.15, 0.2) is 0 Å². The molecule has 0 saturated carbocycles. The van der Waals surface area contributed by atoms with Gasteiger partial charge in [-0.1, -0.05) is 0 Å². The average Bonchev–Trinajstić information content (AvgIpc) is 1.94. The zero-order valence-electron chi connectivity index (χ0n) is 6.09. The third-order valence-electron chi connectivity index (χ3n) is 1.28. The molecular formula is C6H4Br2FNO2S. The van der Waals surface area contributed by atoms with Crippen LogP contribution in [0.15, 0.2) is 26.0 Å². The molecular weight excluding hydrogens is 329 g/mol. The van der Waals surface area contributed by atoms with Crippen molar-refractivity contribution < 1.29 is 12.8 Å². The lowest BCUT2D eigenvalue weighted by atomic mass is 10.3. The van der Waals surface area contributed by atoms with E-state index in [4.69, 9.17) is 5.14 Å². The molecule has 0 unspecified atom stereocenters. The number of halogens is 3. The number of hydrogen-bond acceptors (Lipinski definition) is 2. The Labute approximate surface area is 91.4 Å². The van der Waals surface area contributed by atoms with Gasteiger partial charge in [-0.05, 0) is 44.0 Å². The van der Waals surface area contributed by atoms with Crippen LogP contribution in [0.2, 0.25) is 0 Å². The van der Waals surface area contributed by atoms with E-state index in [0.717, 1.165) is 12.1 Å². The maximum Gasteiger partial charge on any atom is 0.241 e. The second-order valence-corrected chi connectivity index (χ2v) is 5.48. The summed E-state index contributed by atoms with van der Waals surface area (Å²) in [6.45, 7) is 0. The van der Waals surface area contributed by atoms with Gasteiger partial charge in [-0.3, -0.25) is 0 Å². The van der Waals surface area contributed by atoms with E-state index in [1.54, 1.807) is 0 Å². The van der Waals surface area contributed by atoms with Crippen LogP contribution in [-0.4, -0.2) is 8.42 Å². The molecule has 0 fully saturated rings. The maximum atomic E-state index is 13.0. The van der Waals surface area contributed by atoms with Crippen LogP contribution in [0.3, 0.4) is 0 Å². The first-order valence-corrected chi connectivity index (χ1v) is 6.13. The fourth-order valence-corrected chi connectivity index (χ4v) is 2.15. The molecule has 2 N–H and O–H groups in total. The van der Waals surface area contributed by atoms with E-state index in [9.17, 15) is 12.8 Å². The highest BCUT2D eigenvalue weighted by molar-refractivity contribution is 9.13. The molecule has 0 aliphatic carbocycles. The molecule has 7 heteroatoms. The molecule has 0 aromatic heterocycles. The highest BCUT2D eigenvalue weighted by atomic mass is 79.9. The lowest BCUT2D eigenvalue weighted by Gasteiger charge is -2.02. The molecule has 3 nitrogen and oxygen atoms in total. The summed E-state index contributed by atoms with van der Waals surface area (Å²) in [4.78, 5) is -0.525. The Kier molecular flexibility index (Phi) is 3.11. The van der Waals surface area contributed by atoms with Gasteiger partial charge in [0.2, 0.25) is 10.0 Å². The van der Waals surface area contributed by atoms with Crippen LogP contribution in [0.4, 0.5) is 4.39 Å². The highest BCUT2D eigenvalue weighted by Crippen LogP contribution is 2.27. The van der Waals surface area contributed by atoms with Gasteiger partial charge in [0.1, 0.15) is 10.7 Å². The number of nitrogens with two attached hydrogens (primary N) is 1. The Morgan fingerprint density at radius 2 is 1.69 bits per heavy atom. The van der Waals surface area contributed by atoms with E-state index >= 15 is 0 Å². The standard InChI is InChI=1S/C6H4Br2FNO2S/c7-3-1-5(9)6(2-4(3)8)13(10,11)12/h1-2H,(H2,10,11,12). The van der Waals surface area contributed by atoms with Crippen LogP contribution in [0.5, 0.6) is 0 Å². The topological polar surface area (TPSA) is 60.2 Å². The van der Waals surface area contributed by atoms with Gasteiger partial charge in [0.25, 0.3) is 0 Å². The molecule has 1 aromatic carbocycles. The second kappa shape index (κ2) is 3.64. The molecule has 0 aliphatic rings. The Hall–Kier alpha value is 0.0200. The Bertz CT molecular complexity index is 446. The minimum absolute atomic E-state index is 0.428. The van der Waals surface area contributed by atoms with Crippen molar-refractivity contribution in [2.75, 3.05) is 0 Å².